The van der Waals surface area contributed by atoms with Crippen LogP contribution in [0.15, 0.2) is 12.2 Å². The van der Waals surface area contributed by atoms with E-state index in [0.29, 0.717) is 12.0 Å². The summed E-state index contributed by atoms with van der Waals surface area (Å²) in [5, 5.41) is 0. The molecular formula is C5H10O2P2. The molecular weight excluding hydrogens is 154 g/mol. The molecule has 0 saturated heterocycles. The summed E-state index contributed by atoms with van der Waals surface area (Å²) < 4.78 is 4.65. The lowest BCUT2D eigenvalue weighted by Crippen LogP contribution is -1.98. The topological polar surface area (TPSA) is 26.3 Å². The Balaban J connectivity index is 3.60. The van der Waals surface area contributed by atoms with Crippen LogP contribution < -0.4 is 0 Å². The summed E-state index contributed by atoms with van der Waals surface area (Å²) >= 11 is 0. The van der Waals surface area contributed by atoms with E-state index >= 15 is 0 Å². The zero-order valence-corrected chi connectivity index (χ0v) is 7.46. The first-order chi connectivity index (χ1) is 4.22. The largest absolute Gasteiger partial charge is 0.441 e. The summed E-state index contributed by atoms with van der Waals surface area (Å²) in [7, 11) is 2.47. The fraction of sp³-hybridized carbons (Fsp3) is 0.400. The smallest absolute Gasteiger partial charge is 0.336 e. The maximum Gasteiger partial charge on any atom is 0.336 e. The van der Waals surface area contributed by atoms with Crippen LogP contribution in [-0.4, -0.2) is 5.97 Å². The van der Waals surface area contributed by atoms with Crippen molar-refractivity contribution in [2.75, 3.05) is 0 Å². The second-order valence-corrected chi connectivity index (χ2v) is 2.61. The molecule has 0 aliphatic carbocycles. The minimum atomic E-state index is -0.286. The first-order valence-corrected chi connectivity index (χ1v) is 5.28. The molecule has 0 aromatic heterocycles. The highest BCUT2D eigenvalue weighted by atomic mass is 32.0. The first-order valence-electron chi connectivity index (χ1n) is 2.57. The fourth-order valence-electron chi connectivity index (χ4n) is 0.270. The molecule has 0 spiro atoms. The van der Waals surface area contributed by atoms with Crippen LogP contribution in [0.25, 0.3) is 0 Å². The summed E-state index contributed by atoms with van der Waals surface area (Å²) in [5.41, 5.74) is 0.532. The Labute approximate surface area is 59.0 Å². The molecule has 2 unspecified atom stereocenters. The summed E-state index contributed by atoms with van der Waals surface area (Å²) in [5.74, 6) is -0.286. The van der Waals surface area contributed by atoms with E-state index in [1.54, 1.807) is 0 Å². The van der Waals surface area contributed by atoms with Crippen molar-refractivity contribution < 1.29 is 9.32 Å². The van der Waals surface area contributed by atoms with Crippen LogP contribution in [0.1, 0.15) is 13.3 Å². The van der Waals surface area contributed by atoms with Crippen LogP contribution in [0, 0.1) is 0 Å². The van der Waals surface area contributed by atoms with Gasteiger partial charge < -0.3 is 4.52 Å². The first kappa shape index (κ1) is 9.07. The van der Waals surface area contributed by atoms with Gasteiger partial charge in [0.15, 0.2) is 0 Å². The minimum Gasteiger partial charge on any atom is -0.441 e. The van der Waals surface area contributed by atoms with Crippen molar-refractivity contribution in [2.45, 2.75) is 13.3 Å². The van der Waals surface area contributed by atoms with E-state index in [4.69, 9.17) is 0 Å². The Morgan fingerprint density at radius 3 is 2.78 bits per heavy atom. The van der Waals surface area contributed by atoms with Crippen molar-refractivity contribution in [3.63, 3.8) is 0 Å². The Bertz CT molecular complexity index is 122. The lowest BCUT2D eigenvalue weighted by Gasteiger charge is -1.99. The van der Waals surface area contributed by atoms with Crippen LogP contribution in [0.3, 0.4) is 0 Å². The Hall–Kier alpha value is 0.0700. The SMILES string of the molecule is C=C(CC)C(=O)OPP. The second-order valence-electron chi connectivity index (χ2n) is 1.46. The summed E-state index contributed by atoms with van der Waals surface area (Å²) in [6, 6.07) is 0. The van der Waals surface area contributed by atoms with Gasteiger partial charge in [0.25, 0.3) is 0 Å². The Morgan fingerprint density at radius 1 is 1.89 bits per heavy atom. The van der Waals surface area contributed by atoms with Crippen LogP contribution in [0.2, 0.25) is 0 Å². The maximum absolute atomic E-state index is 10.6. The molecule has 0 amide bonds. The summed E-state index contributed by atoms with van der Waals surface area (Å²) in [6.45, 7) is 5.38. The van der Waals surface area contributed by atoms with E-state index in [-0.39, 0.29) is 14.5 Å². The molecule has 0 bridgehead atoms. The Morgan fingerprint density at radius 2 is 2.44 bits per heavy atom. The molecule has 2 nitrogen and oxygen atoms in total. The standard InChI is InChI=1S/C5H10O2P2/c1-3-4(2)5(6)7-9-8/h9H,2-3,8H2,1H3. The van der Waals surface area contributed by atoms with Gasteiger partial charge in [-0.05, 0) is 6.42 Å². The highest BCUT2D eigenvalue weighted by Crippen LogP contribution is 2.22. The van der Waals surface area contributed by atoms with Gasteiger partial charge in [-0.1, -0.05) is 22.4 Å². The third-order valence-electron chi connectivity index (χ3n) is 0.867. The van der Waals surface area contributed by atoms with Crippen molar-refractivity contribution in [3.05, 3.63) is 12.2 Å². The molecule has 0 radical (unpaired) electrons. The van der Waals surface area contributed by atoms with Gasteiger partial charge >= 0.3 is 5.97 Å². The van der Waals surface area contributed by atoms with E-state index in [9.17, 15) is 4.79 Å². The fourth-order valence-corrected chi connectivity index (χ4v) is 0.843. The van der Waals surface area contributed by atoms with Gasteiger partial charge in [-0.2, -0.15) is 0 Å². The molecule has 0 saturated carbocycles. The maximum atomic E-state index is 10.6. The van der Waals surface area contributed by atoms with E-state index in [0.717, 1.165) is 0 Å². The molecule has 0 aromatic rings. The number of carbonyl (C=O) groups is 1. The molecule has 0 aromatic carbocycles. The van der Waals surface area contributed by atoms with Crippen LogP contribution in [-0.2, 0) is 9.32 Å². The summed E-state index contributed by atoms with van der Waals surface area (Å²) in [4.78, 5) is 10.6. The summed E-state index contributed by atoms with van der Waals surface area (Å²) in [6.07, 6.45) is 0.661. The van der Waals surface area contributed by atoms with E-state index in [1.165, 1.54) is 0 Å². The molecule has 0 N–H and O–H groups in total. The number of hydrogen-bond donors (Lipinski definition) is 0. The average Bonchev–Trinajstić information content (AvgIpc) is 1.87. The minimum absolute atomic E-state index is 0.140. The number of carbonyl (C=O) groups excluding carboxylic acids is 1. The van der Waals surface area contributed by atoms with Gasteiger partial charge in [0.1, 0.15) is 0 Å². The van der Waals surface area contributed by atoms with Crippen molar-refractivity contribution in [2.24, 2.45) is 0 Å². The molecule has 0 rings (SSSR count). The van der Waals surface area contributed by atoms with Gasteiger partial charge in [0.05, 0.1) is 8.50 Å². The molecule has 4 heteroatoms. The molecule has 52 valence electrons. The lowest BCUT2D eigenvalue weighted by molar-refractivity contribution is -0.129. The zero-order valence-electron chi connectivity index (χ0n) is 5.31. The van der Waals surface area contributed by atoms with Gasteiger partial charge in [-0.25, -0.2) is 4.79 Å². The van der Waals surface area contributed by atoms with Crippen LogP contribution >= 0.6 is 17.4 Å². The normalized spacial score (nSPS) is 10.0. The van der Waals surface area contributed by atoms with Gasteiger partial charge in [-0.15, -0.1) is 0 Å². The molecule has 0 fully saturated rings. The van der Waals surface area contributed by atoms with Crippen molar-refractivity contribution >= 4 is 23.4 Å². The molecule has 0 heterocycles. The van der Waals surface area contributed by atoms with Crippen LogP contribution in [0.5, 0.6) is 0 Å². The monoisotopic (exact) mass is 164 g/mol. The molecule has 0 aliphatic rings. The number of hydrogen-bond acceptors (Lipinski definition) is 2. The third-order valence-corrected chi connectivity index (χ3v) is 1.52. The third kappa shape index (κ3) is 3.61. The molecule has 2 atom stereocenters. The van der Waals surface area contributed by atoms with E-state index in [2.05, 4.69) is 20.0 Å². The van der Waals surface area contributed by atoms with Crippen LogP contribution in [0.4, 0.5) is 0 Å². The van der Waals surface area contributed by atoms with Gasteiger partial charge in [0, 0.05) is 5.57 Å². The van der Waals surface area contributed by atoms with Gasteiger partial charge in [0.2, 0.25) is 0 Å². The predicted octanol–water partition coefficient (Wildman–Crippen LogP) is 1.88. The van der Waals surface area contributed by atoms with Gasteiger partial charge in [-0.3, -0.25) is 0 Å². The molecule has 0 aliphatic heterocycles. The second kappa shape index (κ2) is 4.90. The predicted molar refractivity (Wildman–Crippen MR) is 43.5 cm³/mol. The molecule has 9 heavy (non-hydrogen) atoms. The Kier molecular flexibility index (Phi) is 4.94. The van der Waals surface area contributed by atoms with Crippen molar-refractivity contribution in [3.8, 4) is 0 Å². The quantitative estimate of drug-likeness (QED) is 0.470. The van der Waals surface area contributed by atoms with E-state index < -0.39 is 0 Å². The lowest BCUT2D eigenvalue weighted by atomic mass is 10.2. The van der Waals surface area contributed by atoms with Crippen molar-refractivity contribution in [1.82, 2.24) is 0 Å². The average molecular weight is 164 g/mol. The van der Waals surface area contributed by atoms with Crippen molar-refractivity contribution in [1.29, 1.82) is 0 Å². The van der Waals surface area contributed by atoms with E-state index in [1.807, 2.05) is 6.92 Å². The zero-order chi connectivity index (χ0) is 7.28. The number of rotatable bonds is 3. The highest BCUT2D eigenvalue weighted by molar-refractivity contribution is 8.00. The highest BCUT2D eigenvalue weighted by Gasteiger charge is 2.02.